The summed E-state index contributed by atoms with van der Waals surface area (Å²) < 4.78 is 2.48. The van der Waals surface area contributed by atoms with Gasteiger partial charge in [-0.2, -0.15) is 0 Å². The highest BCUT2D eigenvalue weighted by Gasteiger charge is 2.31. The van der Waals surface area contributed by atoms with E-state index in [0.717, 1.165) is 51.7 Å². The van der Waals surface area contributed by atoms with E-state index >= 15 is 0 Å². The molecule has 3 heterocycles. The molecule has 1 saturated carbocycles. The highest BCUT2D eigenvalue weighted by atomic mass is 16.2. The summed E-state index contributed by atoms with van der Waals surface area (Å²) in [5.41, 5.74) is 4.25. The molecule has 0 N–H and O–H groups in total. The van der Waals surface area contributed by atoms with Gasteiger partial charge in [-0.05, 0) is 44.7 Å². The molecular formula is C24H34N4O. The zero-order valence-electron chi connectivity index (χ0n) is 17.9. The molecule has 0 radical (unpaired) electrons. The van der Waals surface area contributed by atoms with Gasteiger partial charge in [0.1, 0.15) is 0 Å². The number of rotatable bonds is 4. The first-order valence-electron chi connectivity index (χ1n) is 11.5. The molecule has 5 heteroatoms. The van der Waals surface area contributed by atoms with Crippen molar-refractivity contribution in [1.82, 2.24) is 19.3 Å². The van der Waals surface area contributed by atoms with Crippen molar-refractivity contribution in [2.24, 2.45) is 0 Å². The van der Waals surface area contributed by atoms with E-state index in [-0.39, 0.29) is 0 Å². The van der Waals surface area contributed by atoms with E-state index in [0.29, 0.717) is 18.5 Å². The minimum absolute atomic E-state index is 0.314. The minimum atomic E-state index is 0.314. The number of hydrogen-bond acceptors (Lipinski definition) is 3. The number of para-hydroxylation sites is 1. The number of carbonyl (C=O) groups excluding carboxylic acids is 1. The van der Waals surface area contributed by atoms with Crippen LogP contribution in [0.2, 0.25) is 0 Å². The normalized spacial score (nSPS) is 21.6. The number of nitrogens with zero attached hydrogens (tertiary/aromatic N) is 4. The summed E-state index contributed by atoms with van der Waals surface area (Å²) in [6.07, 6.45) is 5.13. The van der Waals surface area contributed by atoms with Crippen molar-refractivity contribution in [3.05, 3.63) is 35.5 Å². The monoisotopic (exact) mass is 394 g/mol. The van der Waals surface area contributed by atoms with Gasteiger partial charge in [-0.25, -0.2) is 0 Å². The Morgan fingerprint density at radius 1 is 1.07 bits per heavy atom. The van der Waals surface area contributed by atoms with Crippen LogP contribution in [0.1, 0.15) is 50.4 Å². The van der Waals surface area contributed by atoms with Crippen molar-refractivity contribution < 1.29 is 4.79 Å². The lowest BCUT2D eigenvalue weighted by Gasteiger charge is -2.43. The van der Waals surface area contributed by atoms with Crippen molar-refractivity contribution in [1.29, 1.82) is 0 Å². The quantitative estimate of drug-likeness (QED) is 0.798. The average molecular weight is 395 g/mol. The van der Waals surface area contributed by atoms with Gasteiger partial charge in [0.05, 0.1) is 6.54 Å². The van der Waals surface area contributed by atoms with Gasteiger partial charge < -0.3 is 9.47 Å². The molecule has 0 bridgehead atoms. The maximum absolute atomic E-state index is 13.0. The van der Waals surface area contributed by atoms with E-state index < -0.39 is 0 Å². The van der Waals surface area contributed by atoms with Crippen LogP contribution in [0.25, 0.3) is 10.9 Å². The van der Waals surface area contributed by atoms with Gasteiger partial charge >= 0.3 is 0 Å². The molecule has 1 saturated heterocycles. The molecule has 2 fully saturated rings. The topological polar surface area (TPSA) is 31.7 Å². The summed E-state index contributed by atoms with van der Waals surface area (Å²) in [4.78, 5) is 20.0. The van der Waals surface area contributed by atoms with Crippen LogP contribution in [0.15, 0.2) is 24.3 Å². The van der Waals surface area contributed by atoms with Crippen LogP contribution in [0.5, 0.6) is 0 Å². The highest BCUT2D eigenvalue weighted by molar-refractivity contribution is 5.86. The fraction of sp³-hybridized carbons (Fsp3) is 0.625. The summed E-state index contributed by atoms with van der Waals surface area (Å²) in [6.45, 7) is 10.9. The second-order valence-electron chi connectivity index (χ2n) is 9.37. The van der Waals surface area contributed by atoms with Gasteiger partial charge in [0.15, 0.2) is 0 Å². The zero-order valence-corrected chi connectivity index (χ0v) is 17.9. The summed E-state index contributed by atoms with van der Waals surface area (Å²) in [5, 5.41) is 1.40. The van der Waals surface area contributed by atoms with Crippen LogP contribution in [-0.4, -0.2) is 70.5 Å². The summed E-state index contributed by atoms with van der Waals surface area (Å²) in [6, 6.07) is 10.0. The van der Waals surface area contributed by atoms with Gasteiger partial charge in [0.25, 0.3) is 0 Å². The number of piperazine rings is 1. The van der Waals surface area contributed by atoms with Gasteiger partial charge in [0.2, 0.25) is 5.91 Å². The lowest BCUT2D eigenvalue weighted by atomic mass is 9.91. The fourth-order valence-corrected chi connectivity index (χ4v) is 5.50. The minimum Gasteiger partial charge on any atom is -0.341 e. The van der Waals surface area contributed by atoms with E-state index in [9.17, 15) is 4.79 Å². The number of carbonyl (C=O) groups is 1. The van der Waals surface area contributed by atoms with E-state index in [1.165, 1.54) is 41.4 Å². The molecule has 0 unspecified atom stereocenters. The number of fused-ring (bicyclic) bond motifs is 3. The molecule has 1 aromatic carbocycles. The van der Waals surface area contributed by atoms with E-state index in [4.69, 9.17) is 0 Å². The Kier molecular flexibility index (Phi) is 5.12. The third-order valence-corrected chi connectivity index (χ3v) is 7.31. The van der Waals surface area contributed by atoms with Crippen molar-refractivity contribution in [3.63, 3.8) is 0 Å². The van der Waals surface area contributed by atoms with E-state index in [1.54, 1.807) is 0 Å². The maximum atomic E-state index is 13.0. The van der Waals surface area contributed by atoms with Crippen LogP contribution in [0.4, 0.5) is 0 Å². The molecule has 0 spiro atoms. The smallest absolute Gasteiger partial charge is 0.236 e. The van der Waals surface area contributed by atoms with Crippen LogP contribution < -0.4 is 0 Å². The molecule has 29 heavy (non-hydrogen) atoms. The molecule has 3 aliphatic rings. The molecule has 0 atom stereocenters. The standard InChI is InChI=1S/C24H34N4O/c1-18(2)28-22-9-4-3-8-20(22)21-10-11-25(16-23(21)28)17-24(29)27-14-12-26(13-15-27)19-6-5-7-19/h3-4,8-9,18-19H,5-7,10-17H2,1-2H3. The van der Waals surface area contributed by atoms with Crippen LogP contribution in [0.3, 0.4) is 0 Å². The molecular weight excluding hydrogens is 360 g/mol. The molecule has 2 aliphatic heterocycles. The van der Waals surface area contributed by atoms with E-state index in [1.807, 2.05) is 0 Å². The van der Waals surface area contributed by atoms with Gasteiger partial charge in [-0.3, -0.25) is 14.6 Å². The van der Waals surface area contributed by atoms with E-state index in [2.05, 4.69) is 57.4 Å². The Bertz CT molecular complexity index is 890. The van der Waals surface area contributed by atoms with Gasteiger partial charge in [-0.1, -0.05) is 24.6 Å². The molecule has 1 aliphatic carbocycles. The highest BCUT2D eigenvalue weighted by Crippen LogP contribution is 2.33. The molecule has 1 amide bonds. The number of benzene rings is 1. The first kappa shape index (κ1) is 19.1. The van der Waals surface area contributed by atoms with Crippen molar-refractivity contribution >= 4 is 16.8 Å². The molecule has 5 rings (SSSR count). The predicted octanol–water partition coefficient (Wildman–Crippen LogP) is 3.28. The number of hydrogen-bond donors (Lipinski definition) is 0. The summed E-state index contributed by atoms with van der Waals surface area (Å²) >= 11 is 0. The molecule has 156 valence electrons. The van der Waals surface area contributed by atoms with Crippen molar-refractivity contribution in [3.8, 4) is 0 Å². The Morgan fingerprint density at radius 3 is 2.52 bits per heavy atom. The first-order chi connectivity index (χ1) is 14.1. The average Bonchev–Trinajstić information content (AvgIpc) is 3.01. The summed E-state index contributed by atoms with van der Waals surface area (Å²) in [5.74, 6) is 0.314. The van der Waals surface area contributed by atoms with Crippen LogP contribution in [0, 0.1) is 0 Å². The largest absolute Gasteiger partial charge is 0.341 e. The fourth-order valence-electron chi connectivity index (χ4n) is 5.50. The third kappa shape index (κ3) is 3.49. The van der Waals surface area contributed by atoms with Crippen LogP contribution >= 0.6 is 0 Å². The Hall–Kier alpha value is -1.85. The summed E-state index contributed by atoms with van der Waals surface area (Å²) in [7, 11) is 0. The third-order valence-electron chi connectivity index (χ3n) is 7.31. The number of amides is 1. The van der Waals surface area contributed by atoms with Gasteiger partial charge in [-0.15, -0.1) is 0 Å². The Labute approximate surface area is 174 Å². The van der Waals surface area contributed by atoms with Crippen LogP contribution in [-0.2, 0) is 17.8 Å². The second-order valence-corrected chi connectivity index (χ2v) is 9.37. The number of aromatic nitrogens is 1. The van der Waals surface area contributed by atoms with Gasteiger partial charge in [0, 0.05) is 67.9 Å². The van der Waals surface area contributed by atoms with Crippen molar-refractivity contribution in [2.45, 2.75) is 58.2 Å². The second kappa shape index (κ2) is 7.77. The Balaban J connectivity index is 1.26. The SMILES string of the molecule is CC(C)n1c2c(c3ccccc31)CCN(CC(=O)N1CCN(C3CCC3)CC1)C2. The predicted molar refractivity (Wildman–Crippen MR) is 117 cm³/mol. The lowest BCUT2D eigenvalue weighted by molar-refractivity contribution is -0.135. The molecule has 2 aromatic rings. The molecule has 5 nitrogen and oxygen atoms in total. The zero-order chi connectivity index (χ0) is 20.0. The van der Waals surface area contributed by atoms with Crippen molar-refractivity contribution in [2.75, 3.05) is 39.3 Å². The Morgan fingerprint density at radius 2 is 1.83 bits per heavy atom. The molecule has 1 aromatic heterocycles. The maximum Gasteiger partial charge on any atom is 0.236 e. The first-order valence-corrected chi connectivity index (χ1v) is 11.5. The lowest BCUT2D eigenvalue weighted by Crippen LogP contribution is -2.55.